The summed E-state index contributed by atoms with van der Waals surface area (Å²) in [5, 5.41) is 30.4. The van der Waals surface area contributed by atoms with Gasteiger partial charge in [0.2, 0.25) is 0 Å². The van der Waals surface area contributed by atoms with Crippen molar-refractivity contribution in [2.24, 2.45) is 0 Å². The Morgan fingerprint density at radius 3 is 2.37 bits per heavy atom. The number of rotatable bonds is 7. The highest BCUT2D eigenvalue weighted by Gasteiger charge is 2.34. The average Bonchev–Trinajstić information content (AvgIpc) is 3.31. The Morgan fingerprint density at radius 1 is 1.07 bits per heavy atom. The molecular weight excluding hydrogens is 588 g/mol. The van der Waals surface area contributed by atoms with E-state index in [-0.39, 0.29) is 21.4 Å². The summed E-state index contributed by atoms with van der Waals surface area (Å²) in [5.74, 6) is -0.368. The number of pyridine rings is 2. The van der Waals surface area contributed by atoms with E-state index in [0.717, 1.165) is 15.6 Å². The molecule has 0 aliphatic heterocycles. The van der Waals surface area contributed by atoms with E-state index in [1.54, 1.807) is 46.9 Å². The monoisotopic (exact) mass is 616 g/mol. The number of imide groups is 1. The highest BCUT2D eigenvalue weighted by Crippen LogP contribution is 2.41. The predicted molar refractivity (Wildman–Crippen MR) is 161 cm³/mol. The Hall–Kier alpha value is -3.26. The smallest absolute Gasteiger partial charge is 0.422 e. The zero-order chi connectivity index (χ0) is 30.3. The second-order valence-electron chi connectivity index (χ2n) is 10.7. The molecule has 0 bridgehead atoms. The summed E-state index contributed by atoms with van der Waals surface area (Å²) < 4.78 is 16.6. The van der Waals surface area contributed by atoms with Crippen molar-refractivity contribution in [3.8, 4) is 11.3 Å². The molecule has 216 valence electrons. The van der Waals surface area contributed by atoms with Crippen molar-refractivity contribution >= 4 is 62.4 Å². The molecule has 3 aromatic heterocycles. The second-order valence-corrected chi connectivity index (χ2v) is 14.2. The molecule has 1 aromatic carbocycles. The van der Waals surface area contributed by atoms with Crippen LogP contribution >= 0.6 is 22.9 Å². The first-order valence-electron chi connectivity index (χ1n) is 12.4. The van der Waals surface area contributed by atoms with Crippen LogP contribution < -0.4 is 9.62 Å². The minimum absolute atomic E-state index is 0.0853. The molecule has 2 amide bonds. The Kier molecular flexibility index (Phi) is 8.65. The fourth-order valence-corrected chi connectivity index (χ4v) is 6.30. The van der Waals surface area contributed by atoms with E-state index in [2.05, 4.69) is 14.7 Å². The van der Waals surface area contributed by atoms with Crippen LogP contribution in [0.15, 0.2) is 54.7 Å². The minimum atomic E-state index is -1.73. The summed E-state index contributed by atoms with van der Waals surface area (Å²) in [6.07, 6.45) is -1.82. The van der Waals surface area contributed by atoms with Crippen molar-refractivity contribution in [3.63, 3.8) is 0 Å². The molecule has 4 rings (SSSR count). The van der Waals surface area contributed by atoms with Crippen LogP contribution in [-0.2, 0) is 17.0 Å². The number of aliphatic hydroxyl groups is 1. The van der Waals surface area contributed by atoms with Gasteiger partial charge in [0.1, 0.15) is 16.6 Å². The SMILES string of the molecule is CC(C)(O)c1ccnc(-c2cccc3cc([C@@H](N[S+]([O-])C(C)(C)C)c4nc(N(C(=O)O)C(=O)O)ccc4Cl)sc23)c1. The Morgan fingerprint density at radius 2 is 1.76 bits per heavy atom. The first-order valence-corrected chi connectivity index (χ1v) is 14.7. The van der Waals surface area contributed by atoms with Crippen molar-refractivity contribution in [1.82, 2.24) is 14.7 Å². The van der Waals surface area contributed by atoms with Gasteiger partial charge in [-0.2, -0.15) is 4.90 Å². The fraction of sp³-hybridized carbons (Fsp3) is 0.286. The van der Waals surface area contributed by atoms with Gasteiger partial charge in [0.05, 0.1) is 22.0 Å². The summed E-state index contributed by atoms with van der Waals surface area (Å²) in [7, 11) is 0. The Labute approximate surface area is 249 Å². The molecule has 0 saturated heterocycles. The van der Waals surface area contributed by atoms with Crippen molar-refractivity contribution in [2.45, 2.75) is 51.0 Å². The van der Waals surface area contributed by atoms with Gasteiger partial charge in [0.25, 0.3) is 0 Å². The maximum absolute atomic E-state index is 13.3. The number of nitrogens with zero attached hydrogens (tertiary/aromatic N) is 3. The Balaban J connectivity index is 1.90. The van der Waals surface area contributed by atoms with Gasteiger partial charge in [0, 0.05) is 32.7 Å². The molecule has 4 aromatic rings. The summed E-state index contributed by atoms with van der Waals surface area (Å²) >= 11 is 6.31. The lowest BCUT2D eigenvalue weighted by Gasteiger charge is -2.28. The van der Waals surface area contributed by atoms with Crippen molar-refractivity contribution < 1.29 is 29.5 Å². The van der Waals surface area contributed by atoms with Crippen LogP contribution in [0.2, 0.25) is 5.02 Å². The van der Waals surface area contributed by atoms with E-state index < -0.39 is 39.9 Å². The number of amides is 2. The number of hydrogen-bond acceptors (Lipinski definition) is 8. The normalized spacial score (nSPS) is 13.7. The Bertz CT molecular complexity index is 1600. The second kappa shape index (κ2) is 11.6. The zero-order valence-corrected chi connectivity index (χ0v) is 25.3. The topological polar surface area (TPSA) is 159 Å². The molecule has 0 saturated carbocycles. The number of thiophene rings is 1. The van der Waals surface area contributed by atoms with E-state index >= 15 is 0 Å². The molecule has 0 aliphatic rings. The minimum Gasteiger partial charge on any atom is -0.598 e. The lowest BCUT2D eigenvalue weighted by Crippen LogP contribution is -2.42. The van der Waals surface area contributed by atoms with E-state index in [1.807, 2.05) is 30.3 Å². The van der Waals surface area contributed by atoms with Gasteiger partial charge in [-0.15, -0.1) is 16.1 Å². The molecule has 41 heavy (non-hydrogen) atoms. The molecule has 2 atom stereocenters. The number of hydrogen-bond donors (Lipinski definition) is 4. The molecule has 4 N–H and O–H groups in total. The molecular formula is C28H29ClN4O6S2. The number of benzene rings is 1. The van der Waals surface area contributed by atoms with Gasteiger partial charge in [-0.05, 0) is 75.9 Å². The van der Waals surface area contributed by atoms with Crippen LogP contribution in [0.25, 0.3) is 21.3 Å². The van der Waals surface area contributed by atoms with Crippen LogP contribution in [-0.4, -0.2) is 46.8 Å². The zero-order valence-electron chi connectivity index (χ0n) is 22.9. The van der Waals surface area contributed by atoms with Crippen LogP contribution in [0.5, 0.6) is 0 Å². The van der Waals surface area contributed by atoms with E-state index in [1.165, 1.54) is 23.5 Å². The van der Waals surface area contributed by atoms with Gasteiger partial charge in [-0.3, -0.25) is 4.98 Å². The van der Waals surface area contributed by atoms with E-state index in [9.17, 15) is 29.5 Å². The summed E-state index contributed by atoms with van der Waals surface area (Å²) in [4.78, 5) is 32.9. The molecule has 0 fully saturated rings. The maximum Gasteiger partial charge on any atom is 0.422 e. The first-order chi connectivity index (χ1) is 19.1. The summed E-state index contributed by atoms with van der Waals surface area (Å²) in [6, 6.07) is 12.8. The summed E-state index contributed by atoms with van der Waals surface area (Å²) in [5.41, 5.74) is 1.22. The number of nitrogens with one attached hydrogen (secondary N) is 1. The molecule has 10 nitrogen and oxygen atoms in total. The largest absolute Gasteiger partial charge is 0.598 e. The quantitative estimate of drug-likeness (QED) is 0.169. The number of fused-ring (bicyclic) bond motifs is 1. The van der Waals surface area contributed by atoms with Gasteiger partial charge in [-0.1, -0.05) is 29.8 Å². The van der Waals surface area contributed by atoms with Crippen molar-refractivity contribution in [3.05, 3.63) is 75.9 Å². The number of halogens is 1. The number of carboxylic acid groups (broad SMARTS) is 2. The van der Waals surface area contributed by atoms with E-state index in [0.29, 0.717) is 16.1 Å². The van der Waals surface area contributed by atoms with Gasteiger partial charge >= 0.3 is 12.2 Å². The lowest BCUT2D eigenvalue weighted by molar-refractivity contribution is 0.0785. The average molecular weight is 617 g/mol. The van der Waals surface area contributed by atoms with Crippen LogP contribution in [0.4, 0.5) is 15.4 Å². The summed E-state index contributed by atoms with van der Waals surface area (Å²) in [6.45, 7) is 8.77. The molecule has 1 unspecified atom stereocenters. The van der Waals surface area contributed by atoms with Crippen LogP contribution in [0.1, 0.15) is 56.8 Å². The van der Waals surface area contributed by atoms with Crippen LogP contribution in [0.3, 0.4) is 0 Å². The molecule has 0 aliphatic carbocycles. The van der Waals surface area contributed by atoms with E-state index in [4.69, 9.17) is 11.6 Å². The number of carbonyl (C=O) groups is 2. The third kappa shape index (κ3) is 6.64. The van der Waals surface area contributed by atoms with Gasteiger partial charge < -0.3 is 19.9 Å². The molecule has 0 radical (unpaired) electrons. The maximum atomic E-state index is 13.3. The molecule has 3 heterocycles. The third-order valence-electron chi connectivity index (χ3n) is 6.11. The predicted octanol–water partition coefficient (Wildman–Crippen LogP) is 6.54. The third-order valence-corrected chi connectivity index (χ3v) is 9.25. The van der Waals surface area contributed by atoms with Gasteiger partial charge in [-0.25, -0.2) is 14.6 Å². The molecule has 13 heteroatoms. The van der Waals surface area contributed by atoms with Crippen LogP contribution in [0, 0.1) is 0 Å². The standard InChI is InChI=1S/C28H29ClN4O6S2/c1-27(2,3)41(39)32-23(22-18(29)9-10-21(31-22)33(25(34)35)26(36)37)20-13-15-7-6-8-17(24(15)40-20)19-14-16(11-12-30-19)28(4,5)38/h6-14,23,32,38H,1-5H3,(H,34,35)(H,36,37)/t23-,41?/m1/s1. The number of anilines is 1. The number of aromatic nitrogens is 2. The van der Waals surface area contributed by atoms with Crippen molar-refractivity contribution in [2.75, 3.05) is 4.90 Å². The van der Waals surface area contributed by atoms with Gasteiger partial charge in [0.15, 0.2) is 0 Å². The highest BCUT2D eigenvalue weighted by atomic mass is 35.5. The lowest BCUT2D eigenvalue weighted by atomic mass is 9.97. The fourth-order valence-electron chi connectivity index (χ4n) is 3.97. The van der Waals surface area contributed by atoms with Crippen molar-refractivity contribution in [1.29, 1.82) is 0 Å². The first kappa shape index (κ1) is 30.7. The highest BCUT2D eigenvalue weighted by molar-refractivity contribution is 7.90. The molecule has 0 spiro atoms.